The molecule has 0 aromatic carbocycles. The fraction of sp³-hybridized carbons (Fsp3) is 0.722. The van der Waals surface area contributed by atoms with Crippen LogP contribution in [0.4, 0.5) is 4.79 Å². The average molecular weight is 366 g/mol. The predicted molar refractivity (Wildman–Crippen MR) is 97.2 cm³/mol. The SMILES string of the molecule is COCCCNC(=O)/C(C#N)=C\NC1CCN(C(=O)OC(C)(C)C)CC1. The van der Waals surface area contributed by atoms with Gasteiger partial charge in [-0.05, 0) is 40.0 Å². The van der Waals surface area contributed by atoms with E-state index in [0.717, 1.165) is 12.8 Å². The standard InChI is InChI=1S/C18H30N4O4/c1-18(2,3)26-17(24)22-9-6-15(7-10-22)21-13-14(12-19)16(23)20-8-5-11-25-4/h13,15,21H,5-11H2,1-4H3,(H,20,23)/b14-13-. The third-order valence-corrected chi connectivity index (χ3v) is 3.79. The van der Waals surface area contributed by atoms with E-state index in [-0.39, 0.29) is 17.7 Å². The third-order valence-electron chi connectivity index (χ3n) is 3.79. The summed E-state index contributed by atoms with van der Waals surface area (Å²) in [4.78, 5) is 25.6. The normalized spacial score (nSPS) is 16.0. The van der Waals surface area contributed by atoms with E-state index in [1.54, 1.807) is 12.0 Å². The van der Waals surface area contributed by atoms with Crippen LogP contribution in [0, 0.1) is 11.3 Å². The second kappa shape index (κ2) is 10.7. The summed E-state index contributed by atoms with van der Waals surface area (Å²) in [6, 6.07) is 2.02. The van der Waals surface area contributed by atoms with E-state index in [1.165, 1.54) is 6.20 Å². The molecule has 0 aliphatic carbocycles. The minimum absolute atomic E-state index is 0.0389. The van der Waals surface area contributed by atoms with E-state index in [2.05, 4.69) is 10.6 Å². The topological polar surface area (TPSA) is 104 Å². The summed E-state index contributed by atoms with van der Waals surface area (Å²) in [7, 11) is 1.60. The van der Waals surface area contributed by atoms with Gasteiger partial charge in [-0.15, -0.1) is 0 Å². The molecular weight excluding hydrogens is 336 g/mol. The van der Waals surface area contributed by atoms with Crippen LogP contribution in [0.3, 0.4) is 0 Å². The van der Waals surface area contributed by atoms with Crippen molar-refractivity contribution in [1.29, 1.82) is 5.26 Å². The maximum atomic E-state index is 12.0. The van der Waals surface area contributed by atoms with Crippen molar-refractivity contribution in [2.45, 2.75) is 51.7 Å². The molecule has 1 heterocycles. The molecule has 146 valence electrons. The predicted octanol–water partition coefficient (Wildman–Crippen LogP) is 1.54. The number of carbonyl (C=O) groups excluding carboxylic acids is 2. The molecule has 1 saturated heterocycles. The molecule has 1 rings (SSSR count). The van der Waals surface area contributed by atoms with Crippen molar-refractivity contribution in [3.05, 3.63) is 11.8 Å². The summed E-state index contributed by atoms with van der Waals surface area (Å²) in [5, 5.41) is 14.9. The quantitative estimate of drug-likeness (QED) is 0.402. The summed E-state index contributed by atoms with van der Waals surface area (Å²) in [6.45, 7) is 7.69. The van der Waals surface area contributed by atoms with Gasteiger partial charge in [-0.3, -0.25) is 4.79 Å². The van der Waals surface area contributed by atoms with Crippen molar-refractivity contribution in [3.8, 4) is 6.07 Å². The fourth-order valence-corrected chi connectivity index (χ4v) is 2.42. The molecule has 0 bridgehead atoms. The Labute approximate surface area is 155 Å². The van der Waals surface area contributed by atoms with Crippen LogP contribution in [0.2, 0.25) is 0 Å². The van der Waals surface area contributed by atoms with Gasteiger partial charge in [0.2, 0.25) is 0 Å². The van der Waals surface area contributed by atoms with E-state index in [1.807, 2.05) is 26.8 Å². The first-order chi connectivity index (χ1) is 12.3. The third kappa shape index (κ3) is 8.21. The van der Waals surface area contributed by atoms with Crippen molar-refractivity contribution in [3.63, 3.8) is 0 Å². The van der Waals surface area contributed by atoms with E-state index in [0.29, 0.717) is 32.7 Å². The zero-order chi connectivity index (χ0) is 19.6. The Kier molecular flexibility index (Phi) is 8.93. The highest BCUT2D eigenvalue weighted by Crippen LogP contribution is 2.15. The number of carbonyl (C=O) groups is 2. The number of nitrogens with zero attached hydrogens (tertiary/aromatic N) is 2. The summed E-state index contributed by atoms with van der Waals surface area (Å²) in [5.41, 5.74) is -0.468. The number of rotatable bonds is 7. The van der Waals surface area contributed by atoms with Crippen molar-refractivity contribution in [2.75, 3.05) is 33.4 Å². The molecule has 8 nitrogen and oxygen atoms in total. The number of methoxy groups -OCH3 is 1. The zero-order valence-corrected chi connectivity index (χ0v) is 16.1. The average Bonchev–Trinajstić information content (AvgIpc) is 2.58. The Morgan fingerprint density at radius 1 is 1.31 bits per heavy atom. The smallest absolute Gasteiger partial charge is 0.410 e. The second-order valence-corrected chi connectivity index (χ2v) is 7.18. The number of amides is 2. The van der Waals surface area contributed by atoms with Gasteiger partial charge in [0.1, 0.15) is 17.2 Å². The minimum atomic E-state index is -0.507. The Bertz CT molecular complexity index is 540. The Hall–Kier alpha value is -2.27. The fourth-order valence-electron chi connectivity index (χ4n) is 2.42. The largest absolute Gasteiger partial charge is 0.444 e. The number of piperidine rings is 1. The number of hydrogen-bond acceptors (Lipinski definition) is 6. The van der Waals surface area contributed by atoms with Crippen LogP contribution in [0.15, 0.2) is 11.8 Å². The lowest BCUT2D eigenvalue weighted by molar-refractivity contribution is -0.117. The summed E-state index contributed by atoms with van der Waals surface area (Å²) >= 11 is 0. The van der Waals surface area contributed by atoms with Gasteiger partial charge in [0, 0.05) is 45.6 Å². The van der Waals surface area contributed by atoms with Crippen LogP contribution in [-0.2, 0) is 14.3 Å². The molecule has 8 heteroatoms. The van der Waals surface area contributed by atoms with Crippen molar-refractivity contribution >= 4 is 12.0 Å². The number of nitrogens with one attached hydrogen (secondary N) is 2. The molecule has 2 N–H and O–H groups in total. The highest BCUT2D eigenvalue weighted by molar-refractivity contribution is 5.97. The molecular formula is C18H30N4O4. The number of nitriles is 1. The van der Waals surface area contributed by atoms with Crippen molar-refractivity contribution < 1.29 is 19.1 Å². The van der Waals surface area contributed by atoms with E-state index in [4.69, 9.17) is 14.7 Å². The summed E-state index contributed by atoms with van der Waals surface area (Å²) < 4.78 is 10.3. The van der Waals surface area contributed by atoms with Crippen LogP contribution in [0.1, 0.15) is 40.0 Å². The lowest BCUT2D eigenvalue weighted by Gasteiger charge is -2.33. The molecule has 1 aliphatic heterocycles. The minimum Gasteiger partial charge on any atom is -0.444 e. The van der Waals surface area contributed by atoms with Crippen LogP contribution in [-0.4, -0.2) is 61.9 Å². The van der Waals surface area contributed by atoms with Gasteiger partial charge in [0.15, 0.2) is 0 Å². The van der Waals surface area contributed by atoms with E-state index >= 15 is 0 Å². The van der Waals surface area contributed by atoms with Crippen LogP contribution in [0.5, 0.6) is 0 Å². The maximum absolute atomic E-state index is 12.0. The van der Waals surface area contributed by atoms with Gasteiger partial charge in [0.05, 0.1) is 0 Å². The second-order valence-electron chi connectivity index (χ2n) is 7.18. The van der Waals surface area contributed by atoms with Crippen LogP contribution >= 0.6 is 0 Å². The van der Waals surface area contributed by atoms with Crippen LogP contribution < -0.4 is 10.6 Å². The molecule has 2 amide bonds. The van der Waals surface area contributed by atoms with Gasteiger partial charge in [-0.25, -0.2) is 4.79 Å². The molecule has 1 fully saturated rings. The van der Waals surface area contributed by atoms with Gasteiger partial charge in [-0.1, -0.05) is 0 Å². The first-order valence-corrected chi connectivity index (χ1v) is 8.88. The first kappa shape index (κ1) is 21.8. The summed E-state index contributed by atoms with van der Waals surface area (Å²) in [6.07, 6.45) is 3.30. The molecule has 0 saturated carbocycles. The van der Waals surface area contributed by atoms with Gasteiger partial charge < -0.3 is 25.0 Å². The van der Waals surface area contributed by atoms with E-state index < -0.39 is 11.5 Å². The van der Waals surface area contributed by atoms with Gasteiger partial charge >= 0.3 is 6.09 Å². The van der Waals surface area contributed by atoms with E-state index in [9.17, 15) is 9.59 Å². The Morgan fingerprint density at radius 3 is 2.50 bits per heavy atom. The number of likely N-dealkylation sites (tertiary alicyclic amines) is 1. The molecule has 0 radical (unpaired) electrons. The molecule has 26 heavy (non-hydrogen) atoms. The zero-order valence-electron chi connectivity index (χ0n) is 16.1. The molecule has 0 unspecified atom stereocenters. The first-order valence-electron chi connectivity index (χ1n) is 8.88. The highest BCUT2D eigenvalue weighted by atomic mass is 16.6. The molecule has 0 spiro atoms. The van der Waals surface area contributed by atoms with Gasteiger partial charge in [0.25, 0.3) is 5.91 Å². The molecule has 0 aromatic heterocycles. The highest BCUT2D eigenvalue weighted by Gasteiger charge is 2.26. The number of hydrogen-bond donors (Lipinski definition) is 2. The monoisotopic (exact) mass is 366 g/mol. The van der Waals surface area contributed by atoms with Crippen LogP contribution in [0.25, 0.3) is 0 Å². The maximum Gasteiger partial charge on any atom is 0.410 e. The number of ether oxygens (including phenoxy) is 2. The lowest BCUT2D eigenvalue weighted by Crippen LogP contribution is -2.45. The lowest BCUT2D eigenvalue weighted by atomic mass is 10.1. The van der Waals surface area contributed by atoms with Gasteiger partial charge in [-0.2, -0.15) is 5.26 Å². The Balaban J connectivity index is 2.41. The summed E-state index contributed by atoms with van der Waals surface area (Å²) in [5.74, 6) is -0.401. The van der Waals surface area contributed by atoms with Crippen molar-refractivity contribution in [1.82, 2.24) is 15.5 Å². The molecule has 0 aromatic rings. The molecule has 0 atom stereocenters. The Morgan fingerprint density at radius 2 is 1.96 bits per heavy atom. The van der Waals surface area contributed by atoms with Crippen molar-refractivity contribution in [2.24, 2.45) is 0 Å². The molecule has 1 aliphatic rings.